The molecule has 0 N–H and O–H groups in total. The Morgan fingerprint density at radius 3 is 2.74 bits per heavy atom. The van der Waals surface area contributed by atoms with E-state index in [-0.39, 0.29) is 0 Å². The minimum Gasteiger partial charge on any atom is -0.476 e. The third-order valence-electron chi connectivity index (χ3n) is 6.57. The molecule has 1 aromatic carbocycles. The minimum atomic E-state index is 0.531. The summed E-state index contributed by atoms with van der Waals surface area (Å²) in [5.41, 5.74) is 3.42. The molecule has 1 unspecified atom stereocenters. The zero-order valence-corrected chi connectivity index (χ0v) is 20.8. The lowest BCUT2D eigenvalue weighted by Gasteiger charge is -2.39. The van der Waals surface area contributed by atoms with Crippen molar-refractivity contribution in [2.75, 3.05) is 70.5 Å². The van der Waals surface area contributed by atoms with Crippen molar-refractivity contribution in [1.82, 2.24) is 14.8 Å². The number of nitrogens with zero attached hydrogens (tertiary/aromatic N) is 6. The van der Waals surface area contributed by atoms with Crippen molar-refractivity contribution in [2.24, 2.45) is 10.2 Å². The third-order valence-corrected chi connectivity index (χ3v) is 6.57. The molecule has 1 aromatic heterocycles. The number of piperazine rings is 1. The van der Waals surface area contributed by atoms with Crippen molar-refractivity contribution in [3.63, 3.8) is 0 Å². The summed E-state index contributed by atoms with van der Waals surface area (Å²) in [7, 11) is 0. The number of aromatic nitrogens is 1. The van der Waals surface area contributed by atoms with Crippen molar-refractivity contribution in [3.05, 3.63) is 47.5 Å². The second-order valence-corrected chi connectivity index (χ2v) is 9.14. The lowest BCUT2D eigenvalue weighted by Crippen LogP contribution is -2.52. The first-order valence-electron chi connectivity index (χ1n) is 12.5. The second kappa shape index (κ2) is 12.2. The Morgan fingerprint density at radius 2 is 1.97 bits per heavy atom. The van der Waals surface area contributed by atoms with Crippen LogP contribution < -0.4 is 9.64 Å². The number of pyridine rings is 1. The van der Waals surface area contributed by atoms with Gasteiger partial charge in [0.05, 0.1) is 19.8 Å². The van der Waals surface area contributed by atoms with Crippen molar-refractivity contribution in [1.29, 1.82) is 0 Å². The van der Waals surface area contributed by atoms with Crippen LogP contribution in [0.2, 0.25) is 0 Å². The van der Waals surface area contributed by atoms with Gasteiger partial charge in [-0.15, -0.1) is 5.11 Å². The van der Waals surface area contributed by atoms with E-state index in [1.807, 2.05) is 18.2 Å². The van der Waals surface area contributed by atoms with Crippen molar-refractivity contribution in [2.45, 2.75) is 33.4 Å². The molecule has 1 atom stereocenters. The summed E-state index contributed by atoms with van der Waals surface area (Å²) in [6.07, 6.45) is 0. The highest BCUT2D eigenvalue weighted by atomic mass is 16.5. The number of morpholine rings is 1. The number of rotatable bonds is 9. The van der Waals surface area contributed by atoms with Crippen LogP contribution in [-0.2, 0) is 11.3 Å². The van der Waals surface area contributed by atoms with Gasteiger partial charge in [-0.1, -0.05) is 36.8 Å². The standard InChI is InChI=1S/C26H38N6O2/c1-4-31-9-8-30(20-22(31)3)10-15-34-26-18-24(32-11-13-33-14-12-32)17-25(28-26)29-27-19-23-7-5-6-21(2)16-23/h5-7,16-18,22H,4,8-15,19-20H2,1-3H3. The Kier molecular flexibility index (Phi) is 8.85. The molecule has 0 bridgehead atoms. The molecular weight excluding hydrogens is 428 g/mol. The number of azo groups is 1. The summed E-state index contributed by atoms with van der Waals surface area (Å²) in [5.74, 6) is 1.19. The van der Waals surface area contributed by atoms with E-state index in [0.717, 1.165) is 70.3 Å². The molecule has 0 spiro atoms. The SMILES string of the molecule is CCN1CCN(CCOc2cc(N3CCOCC3)cc(N=NCc3cccc(C)c3)n2)CC1C. The number of likely N-dealkylation sites (N-methyl/N-ethyl adjacent to an activating group) is 1. The van der Waals surface area contributed by atoms with Crippen LogP contribution in [0.4, 0.5) is 11.5 Å². The van der Waals surface area contributed by atoms with Crippen LogP contribution in [0.25, 0.3) is 0 Å². The topological polar surface area (TPSA) is 65.8 Å². The monoisotopic (exact) mass is 466 g/mol. The van der Waals surface area contributed by atoms with E-state index in [2.05, 4.69) is 68.9 Å². The number of aryl methyl sites for hydroxylation is 1. The normalized spacial score (nSPS) is 20.2. The predicted octanol–water partition coefficient (Wildman–Crippen LogP) is 3.92. The van der Waals surface area contributed by atoms with E-state index >= 15 is 0 Å². The van der Waals surface area contributed by atoms with E-state index in [1.54, 1.807) is 0 Å². The van der Waals surface area contributed by atoms with E-state index in [4.69, 9.17) is 9.47 Å². The Labute approximate surface area is 203 Å². The zero-order chi connectivity index (χ0) is 23.8. The van der Waals surface area contributed by atoms with Crippen molar-refractivity contribution >= 4 is 11.5 Å². The lowest BCUT2D eigenvalue weighted by molar-refractivity contribution is 0.0776. The van der Waals surface area contributed by atoms with Gasteiger partial charge in [0, 0.05) is 63.1 Å². The molecule has 8 heteroatoms. The van der Waals surface area contributed by atoms with Gasteiger partial charge in [-0.3, -0.25) is 9.80 Å². The van der Waals surface area contributed by atoms with Crippen LogP contribution in [-0.4, -0.2) is 86.5 Å². The molecule has 3 heterocycles. The van der Waals surface area contributed by atoms with E-state index in [0.29, 0.717) is 30.9 Å². The predicted molar refractivity (Wildman–Crippen MR) is 135 cm³/mol. The summed E-state index contributed by atoms with van der Waals surface area (Å²) >= 11 is 0. The fourth-order valence-electron chi connectivity index (χ4n) is 4.63. The molecule has 4 rings (SSSR count). The maximum atomic E-state index is 6.12. The first kappa shape index (κ1) is 24.6. The van der Waals surface area contributed by atoms with Crippen LogP contribution in [0.5, 0.6) is 5.88 Å². The Bertz CT molecular complexity index is 947. The van der Waals surface area contributed by atoms with Gasteiger partial charge in [0.1, 0.15) is 6.61 Å². The Hall–Kier alpha value is -2.55. The Balaban J connectivity index is 1.40. The van der Waals surface area contributed by atoms with Crippen LogP contribution >= 0.6 is 0 Å². The first-order valence-corrected chi connectivity index (χ1v) is 12.5. The average Bonchev–Trinajstić information content (AvgIpc) is 2.85. The van der Waals surface area contributed by atoms with Gasteiger partial charge in [-0.25, -0.2) is 0 Å². The molecule has 0 aliphatic carbocycles. The highest BCUT2D eigenvalue weighted by Crippen LogP contribution is 2.26. The second-order valence-electron chi connectivity index (χ2n) is 9.14. The van der Waals surface area contributed by atoms with Crippen LogP contribution in [0.15, 0.2) is 46.6 Å². The van der Waals surface area contributed by atoms with Gasteiger partial charge < -0.3 is 14.4 Å². The van der Waals surface area contributed by atoms with Gasteiger partial charge in [-0.05, 0) is 26.0 Å². The van der Waals surface area contributed by atoms with Crippen molar-refractivity contribution < 1.29 is 9.47 Å². The van der Waals surface area contributed by atoms with Gasteiger partial charge in [-0.2, -0.15) is 10.1 Å². The zero-order valence-electron chi connectivity index (χ0n) is 20.8. The van der Waals surface area contributed by atoms with E-state index in [9.17, 15) is 0 Å². The number of hydrogen-bond donors (Lipinski definition) is 0. The average molecular weight is 467 g/mol. The molecule has 2 aliphatic heterocycles. The van der Waals surface area contributed by atoms with Gasteiger partial charge in [0.2, 0.25) is 5.88 Å². The molecule has 184 valence electrons. The summed E-state index contributed by atoms with van der Waals surface area (Å²) < 4.78 is 11.6. The maximum Gasteiger partial charge on any atom is 0.217 e. The molecule has 0 radical (unpaired) electrons. The summed E-state index contributed by atoms with van der Waals surface area (Å²) in [4.78, 5) is 11.9. The molecule has 0 saturated carbocycles. The molecule has 2 fully saturated rings. The Morgan fingerprint density at radius 1 is 1.12 bits per heavy atom. The molecular formula is C26H38N6O2. The van der Waals surface area contributed by atoms with Crippen LogP contribution in [0, 0.1) is 6.92 Å². The fraction of sp³-hybridized carbons (Fsp3) is 0.577. The lowest BCUT2D eigenvalue weighted by atomic mass is 10.1. The fourth-order valence-corrected chi connectivity index (χ4v) is 4.63. The summed E-state index contributed by atoms with van der Waals surface area (Å²) in [5, 5.41) is 8.84. The summed E-state index contributed by atoms with van der Waals surface area (Å²) in [6, 6.07) is 12.9. The number of hydrogen-bond acceptors (Lipinski definition) is 8. The molecule has 0 amide bonds. The van der Waals surface area contributed by atoms with E-state index in [1.165, 1.54) is 5.56 Å². The molecule has 2 aliphatic rings. The van der Waals surface area contributed by atoms with Gasteiger partial charge >= 0.3 is 0 Å². The van der Waals surface area contributed by atoms with Gasteiger partial charge in [0.15, 0.2) is 5.82 Å². The maximum absolute atomic E-state index is 6.12. The van der Waals surface area contributed by atoms with Gasteiger partial charge in [0.25, 0.3) is 0 Å². The number of ether oxygens (including phenoxy) is 2. The van der Waals surface area contributed by atoms with Crippen LogP contribution in [0.3, 0.4) is 0 Å². The highest BCUT2D eigenvalue weighted by molar-refractivity contribution is 5.55. The third kappa shape index (κ3) is 6.98. The molecule has 2 aromatic rings. The quantitative estimate of drug-likeness (QED) is 0.522. The molecule has 34 heavy (non-hydrogen) atoms. The summed E-state index contributed by atoms with van der Waals surface area (Å²) in [6.45, 7) is 16.2. The number of anilines is 1. The first-order chi connectivity index (χ1) is 16.6. The molecule has 8 nitrogen and oxygen atoms in total. The minimum absolute atomic E-state index is 0.531. The highest BCUT2D eigenvalue weighted by Gasteiger charge is 2.22. The smallest absolute Gasteiger partial charge is 0.217 e. The van der Waals surface area contributed by atoms with E-state index < -0.39 is 0 Å². The van der Waals surface area contributed by atoms with Crippen LogP contribution in [0.1, 0.15) is 25.0 Å². The van der Waals surface area contributed by atoms with Crippen molar-refractivity contribution in [3.8, 4) is 5.88 Å². The largest absolute Gasteiger partial charge is 0.476 e. The number of benzene rings is 1. The molecule has 2 saturated heterocycles.